The Balaban J connectivity index is 1.41. The van der Waals surface area contributed by atoms with E-state index >= 15 is 0 Å². The molecule has 1 aromatic heterocycles. The summed E-state index contributed by atoms with van der Waals surface area (Å²) in [5, 5.41) is 4.13. The van der Waals surface area contributed by atoms with E-state index in [1.807, 2.05) is 11.0 Å². The zero-order valence-corrected chi connectivity index (χ0v) is 27.5. The summed E-state index contributed by atoms with van der Waals surface area (Å²) < 4.78 is 24.6. The molecule has 0 unspecified atom stereocenters. The van der Waals surface area contributed by atoms with E-state index in [4.69, 9.17) is 4.98 Å². The van der Waals surface area contributed by atoms with E-state index in [9.17, 15) is 22.8 Å². The molecule has 0 bridgehead atoms. The fourth-order valence-electron chi connectivity index (χ4n) is 6.24. The topological polar surface area (TPSA) is 114 Å². The molecule has 2 aromatic rings. The number of amides is 1. The van der Waals surface area contributed by atoms with Crippen LogP contribution in [0.15, 0.2) is 30.4 Å². The highest BCUT2D eigenvalue weighted by Gasteiger charge is 2.30. The number of Topliss-reactive ketones (excluding diaryl/α,β-unsaturated/α-hetero) is 2. The molecular formula is C33H47N3O5S2. The van der Waals surface area contributed by atoms with E-state index in [0.717, 1.165) is 40.9 Å². The van der Waals surface area contributed by atoms with Gasteiger partial charge in [-0.3, -0.25) is 14.5 Å². The van der Waals surface area contributed by atoms with Crippen LogP contribution >= 0.6 is 11.3 Å². The van der Waals surface area contributed by atoms with E-state index in [1.165, 1.54) is 18.9 Å². The molecule has 1 N–H and O–H groups in total. The van der Waals surface area contributed by atoms with Gasteiger partial charge in [0.25, 0.3) is 0 Å². The molecule has 236 valence electrons. The van der Waals surface area contributed by atoms with Crippen molar-refractivity contribution in [1.29, 1.82) is 0 Å². The van der Waals surface area contributed by atoms with Gasteiger partial charge in [0.15, 0.2) is 15.6 Å². The summed E-state index contributed by atoms with van der Waals surface area (Å²) in [5.41, 5.74) is 2.65. The minimum absolute atomic E-state index is 0.0328. The fraction of sp³-hybridized carbons (Fsp3) is 0.636. The normalized spacial score (nSPS) is 19.3. The third kappa shape index (κ3) is 9.78. The number of ketones is 2. The Hall–Kier alpha value is -2.43. The van der Waals surface area contributed by atoms with Crippen molar-refractivity contribution >= 4 is 48.9 Å². The van der Waals surface area contributed by atoms with E-state index in [0.29, 0.717) is 49.9 Å². The molecule has 10 heteroatoms. The molecule has 2 fully saturated rings. The SMILES string of the molecule is C=C(CN1CCS(=O)(=O)CC1)C(=O)CC[C@@H](NC(=O)[C@@H](CC(C)=O)Cc1nc2ccc(C(C)C)cc2s1)C1CCCCC1. The lowest BCUT2D eigenvalue weighted by Crippen LogP contribution is -2.45. The van der Waals surface area contributed by atoms with Gasteiger partial charge >= 0.3 is 0 Å². The van der Waals surface area contributed by atoms with Crippen molar-refractivity contribution in [2.45, 2.75) is 90.5 Å². The number of sulfone groups is 1. The molecule has 1 aliphatic heterocycles. The minimum Gasteiger partial charge on any atom is -0.353 e. The van der Waals surface area contributed by atoms with Crippen molar-refractivity contribution in [3.8, 4) is 0 Å². The molecule has 1 saturated carbocycles. The monoisotopic (exact) mass is 629 g/mol. The Kier molecular flexibility index (Phi) is 11.7. The largest absolute Gasteiger partial charge is 0.353 e. The number of aromatic nitrogens is 1. The van der Waals surface area contributed by atoms with Crippen LogP contribution in [-0.2, 0) is 30.6 Å². The second-order valence-electron chi connectivity index (χ2n) is 12.8. The van der Waals surface area contributed by atoms with Gasteiger partial charge in [-0.2, -0.15) is 0 Å². The van der Waals surface area contributed by atoms with Gasteiger partial charge in [0.2, 0.25) is 5.91 Å². The maximum absolute atomic E-state index is 13.7. The smallest absolute Gasteiger partial charge is 0.224 e. The molecule has 2 heterocycles. The molecule has 1 saturated heterocycles. The van der Waals surface area contributed by atoms with Crippen molar-refractivity contribution in [3.05, 3.63) is 40.9 Å². The van der Waals surface area contributed by atoms with Gasteiger partial charge in [0.1, 0.15) is 5.78 Å². The van der Waals surface area contributed by atoms with E-state index in [1.54, 1.807) is 11.3 Å². The molecule has 8 nitrogen and oxygen atoms in total. The average Bonchev–Trinajstić information content (AvgIpc) is 3.37. The van der Waals surface area contributed by atoms with Crippen LogP contribution < -0.4 is 5.32 Å². The summed E-state index contributed by atoms with van der Waals surface area (Å²) in [7, 11) is -2.98. The second-order valence-corrected chi connectivity index (χ2v) is 16.2. The Morgan fingerprint density at radius 1 is 1.12 bits per heavy atom. The van der Waals surface area contributed by atoms with Gasteiger partial charge in [-0.25, -0.2) is 13.4 Å². The maximum Gasteiger partial charge on any atom is 0.224 e. The van der Waals surface area contributed by atoms with Crippen molar-refractivity contribution in [2.75, 3.05) is 31.1 Å². The predicted octanol–water partition coefficient (Wildman–Crippen LogP) is 5.26. The highest BCUT2D eigenvalue weighted by Crippen LogP contribution is 2.31. The van der Waals surface area contributed by atoms with Gasteiger partial charge in [0, 0.05) is 50.5 Å². The molecule has 43 heavy (non-hydrogen) atoms. The first-order chi connectivity index (χ1) is 20.4. The number of benzene rings is 1. The minimum atomic E-state index is -2.98. The molecule has 4 rings (SSSR count). The lowest BCUT2D eigenvalue weighted by molar-refractivity contribution is -0.130. The Morgan fingerprint density at radius 3 is 2.47 bits per heavy atom. The third-order valence-corrected chi connectivity index (χ3v) is 11.6. The van der Waals surface area contributed by atoms with Crippen LogP contribution in [0, 0.1) is 11.8 Å². The molecule has 1 aliphatic carbocycles. The van der Waals surface area contributed by atoms with Gasteiger partial charge in [0.05, 0.1) is 32.6 Å². The van der Waals surface area contributed by atoms with Crippen LogP contribution in [0.3, 0.4) is 0 Å². The summed E-state index contributed by atoms with van der Waals surface area (Å²) >= 11 is 1.59. The lowest BCUT2D eigenvalue weighted by Gasteiger charge is -2.32. The Labute approximate surface area is 260 Å². The van der Waals surface area contributed by atoms with Crippen molar-refractivity contribution in [1.82, 2.24) is 15.2 Å². The number of carbonyl (C=O) groups excluding carboxylic acids is 3. The number of nitrogens with zero attached hydrogens (tertiary/aromatic N) is 2. The maximum atomic E-state index is 13.7. The first-order valence-corrected chi connectivity index (χ1v) is 18.4. The molecule has 1 amide bonds. The molecule has 1 aromatic carbocycles. The van der Waals surface area contributed by atoms with Crippen LogP contribution in [0.1, 0.15) is 88.6 Å². The number of nitrogens with one attached hydrogen (secondary N) is 1. The van der Waals surface area contributed by atoms with Crippen LogP contribution in [0.25, 0.3) is 10.2 Å². The lowest BCUT2D eigenvalue weighted by atomic mass is 9.81. The second kappa shape index (κ2) is 15.0. The van der Waals surface area contributed by atoms with Gasteiger partial charge in [-0.1, -0.05) is 45.8 Å². The van der Waals surface area contributed by atoms with Crippen LogP contribution in [0.4, 0.5) is 0 Å². The first kappa shape index (κ1) is 33.5. The average molecular weight is 630 g/mol. The number of fused-ring (bicyclic) bond motifs is 1. The fourth-order valence-corrected chi connectivity index (χ4v) is 8.62. The van der Waals surface area contributed by atoms with Crippen molar-refractivity contribution in [2.24, 2.45) is 11.8 Å². The molecule has 0 spiro atoms. The number of rotatable bonds is 14. The zero-order valence-electron chi connectivity index (χ0n) is 25.9. The first-order valence-electron chi connectivity index (χ1n) is 15.7. The predicted molar refractivity (Wildman–Crippen MR) is 173 cm³/mol. The molecule has 2 aliphatic rings. The Morgan fingerprint density at radius 2 is 1.81 bits per heavy atom. The summed E-state index contributed by atoms with van der Waals surface area (Å²) in [6, 6.07) is 6.14. The number of thiazole rings is 1. The van der Waals surface area contributed by atoms with Gasteiger partial charge in [-0.05, 0) is 55.7 Å². The number of carbonyl (C=O) groups is 3. The van der Waals surface area contributed by atoms with Crippen molar-refractivity contribution < 1.29 is 22.8 Å². The highest BCUT2D eigenvalue weighted by atomic mass is 32.2. The number of hydrogen-bond donors (Lipinski definition) is 1. The zero-order chi connectivity index (χ0) is 31.1. The van der Waals surface area contributed by atoms with Gasteiger partial charge in [-0.15, -0.1) is 11.3 Å². The Bertz CT molecular complexity index is 1410. The number of hydrogen-bond acceptors (Lipinski definition) is 8. The molecular weight excluding hydrogens is 583 g/mol. The third-order valence-electron chi connectivity index (χ3n) is 8.92. The van der Waals surface area contributed by atoms with Crippen molar-refractivity contribution in [3.63, 3.8) is 0 Å². The van der Waals surface area contributed by atoms with Crippen LogP contribution in [0.2, 0.25) is 0 Å². The quantitative estimate of drug-likeness (QED) is 0.284. The van der Waals surface area contributed by atoms with E-state index in [2.05, 4.69) is 37.9 Å². The van der Waals surface area contributed by atoms with E-state index < -0.39 is 15.8 Å². The standard InChI is InChI=1S/C33H47N3O5S2/c1-22(2)26-10-11-29-31(19-26)42-32(34-29)20-27(18-24(4)37)33(39)35-28(25-8-6-5-7-9-25)12-13-30(38)23(3)21-36-14-16-43(40,41)17-15-36/h10-11,19,22,25,27-28H,3,5-9,12-18,20-21H2,1-2,4H3,(H,35,39)/t27-,28+/m0/s1. The van der Waals surface area contributed by atoms with Crippen LogP contribution in [-0.4, -0.2) is 73.0 Å². The summed E-state index contributed by atoms with van der Waals surface area (Å²) in [6.45, 7) is 11.1. The van der Waals surface area contributed by atoms with Crippen LogP contribution in [0.5, 0.6) is 0 Å². The van der Waals surface area contributed by atoms with Gasteiger partial charge < -0.3 is 10.1 Å². The molecule has 2 atom stereocenters. The highest BCUT2D eigenvalue weighted by molar-refractivity contribution is 7.91. The summed E-state index contributed by atoms with van der Waals surface area (Å²) in [6.07, 6.45) is 6.77. The molecule has 0 radical (unpaired) electrons. The summed E-state index contributed by atoms with van der Waals surface area (Å²) in [5.74, 6) is 0.192. The summed E-state index contributed by atoms with van der Waals surface area (Å²) in [4.78, 5) is 45.8. The van der Waals surface area contributed by atoms with E-state index in [-0.39, 0.29) is 47.9 Å².